The monoisotopic (exact) mass is 208 g/mol. The topological polar surface area (TPSA) is 75.4 Å². The molecule has 1 aromatic carbocycles. The average molecular weight is 208 g/mol. The van der Waals surface area contributed by atoms with E-state index < -0.39 is 10.5 Å². The highest BCUT2D eigenvalue weighted by atomic mass is 16.6. The van der Waals surface area contributed by atoms with Crippen LogP contribution in [0.5, 0.6) is 0 Å². The first kappa shape index (κ1) is 10.1. The first-order chi connectivity index (χ1) is 7.13. The molecule has 1 fully saturated rings. The zero-order valence-corrected chi connectivity index (χ0v) is 8.14. The van der Waals surface area contributed by atoms with E-state index in [1.54, 1.807) is 18.2 Å². The third kappa shape index (κ3) is 1.71. The zero-order chi connectivity index (χ0) is 10.9. The standard InChI is InChI=1S/C10H12N2O3/c13-10(5-6-11-7-10)8-3-1-2-4-9(8)12(14)15/h1-4,11,13H,5-7H2. The number of para-hydroxylation sites is 1. The predicted octanol–water partition coefficient (Wildman–Crippen LogP) is 0.776. The minimum Gasteiger partial charge on any atom is -0.384 e. The van der Waals surface area contributed by atoms with Crippen molar-refractivity contribution in [2.75, 3.05) is 13.1 Å². The van der Waals surface area contributed by atoms with Crippen molar-refractivity contribution in [1.82, 2.24) is 5.32 Å². The fourth-order valence-electron chi connectivity index (χ4n) is 1.93. The highest BCUT2D eigenvalue weighted by Gasteiger charge is 2.37. The van der Waals surface area contributed by atoms with E-state index >= 15 is 0 Å². The lowest BCUT2D eigenvalue weighted by atomic mass is 9.92. The van der Waals surface area contributed by atoms with E-state index in [9.17, 15) is 15.2 Å². The molecular formula is C10H12N2O3. The smallest absolute Gasteiger partial charge is 0.275 e. The van der Waals surface area contributed by atoms with E-state index in [1.165, 1.54) is 6.07 Å². The lowest BCUT2D eigenvalue weighted by molar-refractivity contribution is -0.386. The molecule has 1 heterocycles. The van der Waals surface area contributed by atoms with E-state index in [0.29, 0.717) is 25.1 Å². The van der Waals surface area contributed by atoms with Gasteiger partial charge in [-0.3, -0.25) is 10.1 Å². The molecule has 1 aliphatic rings. The van der Waals surface area contributed by atoms with Crippen LogP contribution in [0.3, 0.4) is 0 Å². The number of rotatable bonds is 2. The Balaban J connectivity index is 2.47. The Morgan fingerprint density at radius 2 is 2.20 bits per heavy atom. The molecule has 2 rings (SSSR count). The van der Waals surface area contributed by atoms with Gasteiger partial charge in [-0.2, -0.15) is 0 Å². The van der Waals surface area contributed by atoms with Crippen molar-refractivity contribution < 1.29 is 10.0 Å². The maximum atomic E-state index is 10.8. The van der Waals surface area contributed by atoms with Gasteiger partial charge in [0.15, 0.2) is 0 Å². The Hall–Kier alpha value is -1.46. The normalized spacial score (nSPS) is 25.4. The van der Waals surface area contributed by atoms with Crippen molar-refractivity contribution in [3.8, 4) is 0 Å². The van der Waals surface area contributed by atoms with Crippen LogP contribution in [0, 0.1) is 10.1 Å². The van der Waals surface area contributed by atoms with Gasteiger partial charge < -0.3 is 10.4 Å². The van der Waals surface area contributed by atoms with Crippen LogP contribution < -0.4 is 5.32 Å². The molecule has 1 atom stereocenters. The summed E-state index contributed by atoms with van der Waals surface area (Å²) in [6.07, 6.45) is 0.512. The first-order valence-corrected chi connectivity index (χ1v) is 4.80. The summed E-state index contributed by atoms with van der Waals surface area (Å²) in [4.78, 5) is 10.3. The molecule has 0 aromatic heterocycles. The van der Waals surface area contributed by atoms with Crippen molar-refractivity contribution in [2.45, 2.75) is 12.0 Å². The van der Waals surface area contributed by atoms with Crippen LogP contribution in [0.4, 0.5) is 5.69 Å². The number of aliphatic hydroxyl groups is 1. The second-order valence-electron chi connectivity index (χ2n) is 3.73. The molecule has 1 aromatic rings. The Bertz CT molecular complexity index is 386. The van der Waals surface area contributed by atoms with Gasteiger partial charge in [-0.25, -0.2) is 0 Å². The Kier molecular flexibility index (Phi) is 2.42. The van der Waals surface area contributed by atoms with Gasteiger partial charge in [0.05, 0.1) is 10.5 Å². The number of nitrogens with zero attached hydrogens (tertiary/aromatic N) is 1. The van der Waals surface area contributed by atoms with Crippen molar-refractivity contribution >= 4 is 5.69 Å². The number of nitro groups is 1. The van der Waals surface area contributed by atoms with Crippen LogP contribution in [0.2, 0.25) is 0 Å². The zero-order valence-electron chi connectivity index (χ0n) is 8.14. The van der Waals surface area contributed by atoms with Crippen LogP contribution >= 0.6 is 0 Å². The van der Waals surface area contributed by atoms with Crippen LogP contribution in [-0.2, 0) is 5.60 Å². The summed E-state index contributed by atoms with van der Waals surface area (Å²) in [5.74, 6) is 0. The molecule has 1 unspecified atom stereocenters. The summed E-state index contributed by atoms with van der Waals surface area (Å²) in [7, 11) is 0. The summed E-state index contributed by atoms with van der Waals surface area (Å²) in [6.45, 7) is 1.06. The lowest BCUT2D eigenvalue weighted by Crippen LogP contribution is -2.29. The second kappa shape index (κ2) is 3.60. The van der Waals surface area contributed by atoms with E-state index in [4.69, 9.17) is 0 Å². The molecule has 80 valence electrons. The van der Waals surface area contributed by atoms with Gasteiger partial charge in [-0.05, 0) is 19.0 Å². The molecule has 0 amide bonds. The van der Waals surface area contributed by atoms with Crippen molar-refractivity contribution in [1.29, 1.82) is 0 Å². The molecule has 0 saturated carbocycles. The molecule has 0 spiro atoms. The molecule has 0 bridgehead atoms. The highest BCUT2D eigenvalue weighted by molar-refractivity contribution is 5.44. The van der Waals surface area contributed by atoms with Crippen LogP contribution in [0.15, 0.2) is 24.3 Å². The third-order valence-electron chi connectivity index (χ3n) is 2.73. The largest absolute Gasteiger partial charge is 0.384 e. The van der Waals surface area contributed by atoms with Gasteiger partial charge in [0.2, 0.25) is 0 Å². The van der Waals surface area contributed by atoms with Crippen LogP contribution in [-0.4, -0.2) is 23.1 Å². The van der Waals surface area contributed by atoms with Crippen molar-refractivity contribution in [3.63, 3.8) is 0 Å². The van der Waals surface area contributed by atoms with Crippen LogP contribution in [0.25, 0.3) is 0 Å². The third-order valence-corrected chi connectivity index (χ3v) is 2.73. The number of hydrogen-bond donors (Lipinski definition) is 2. The number of nitrogens with one attached hydrogen (secondary N) is 1. The van der Waals surface area contributed by atoms with Crippen molar-refractivity contribution in [3.05, 3.63) is 39.9 Å². The maximum Gasteiger partial charge on any atom is 0.275 e. The molecule has 1 aliphatic heterocycles. The SMILES string of the molecule is O=[N+]([O-])c1ccccc1C1(O)CCNC1. The quantitative estimate of drug-likeness (QED) is 0.556. The molecule has 0 aliphatic carbocycles. The fourth-order valence-corrected chi connectivity index (χ4v) is 1.93. The summed E-state index contributed by atoms with van der Waals surface area (Å²) >= 11 is 0. The van der Waals surface area contributed by atoms with Gasteiger partial charge in [0.1, 0.15) is 5.60 Å². The van der Waals surface area contributed by atoms with Gasteiger partial charge >= 0.3 is 0 Å². The summed E-state index contributed by atoms with van der Waals surface area (Å²) in [5.41, 5.74) is -0.701. The van der Waals surface area contributed by atoms with E-state index in [1.807, 2.05) is 0 Å². The molecule has 15 heavy (non-hydrogen) atoms. The summed E-state index contributed by atoms with van der Waals surface area (Å²) in [5, 5.41) is 24.0. The van der Waals surface area contributed by atoms with Crippen molar-refractivity contribution in [2.24, 2.45) is 0 Å². The number of hydrogen-bond acceptors (Lipinski definition) is 4. The van der Waals surface area contributed by atoms with E-state index in [2.05, 4.69) is 5.32 Å². The highest BCUT2D eigenvalue weighted by Crippen LogP contribution is 2.33. The number of benzene rings is 1. The van der Waals surface area contributed by atoms with Gasteiger partial charge in [-0.1, -0.05) is 12.1 Å². The molecule has 0 radical (unpaired) electrons. The Labute approximate surface area is 86.9 Å². The van der Waals surface area contributed by atoms with Gasteiger partial charge in [0, 0.05) is 12.6 Å². The van der Waals surface area contributed by atoms with Crippen LogP contribution in [0.1, 0.15) is 12.0 Å². The number of nitro benzene ring substituents is 1. The Morgan fingerprint density at radius 1 is 1.47 bits per heavy atom. The maximum absolute atomic E-state index is 10.8. The first-order valence-electron chi connectivity index (χ1n) is 4.80. The summed E-state index contributed by atoms with van der Waals surface area (Å²) in [6, 6.07) is 6.35. The lowest BCUT2D eigenvalue weighted by Gasteiger charge is -2.21. The van der Waals surface area contributed by atoms with E-state index in [-0.39, 0.29) is 5.69 Å². The molecule has 5 heteroatoms. The average Bonchev–Trinajstić information content (AvgIpc) is 2.66. The Morgan fingerprint density at radius 3 is 2.80 bits per heavy atom. The minimum absolute atomic E-state index is 0.0105. The molecule has 2 N–H and O–H groups in total. The van der Waals surface area contributed by atoms with Gasteiger partial charge in [-0.15, -0.1) is 0 Å². The molecule has 5 nitrogen and oxygen atoms in total. The predicted molar refractivity (Wildman–Crippen MR) is 54.5 cm³/mol. The minimum atomic E-state index is -1.09. The summed E-state index contributed by atoms with van der Waals surface area (Å²) < 4.78 is 0. The fraction of sp³-hybridized carbons (Fsp3) is 0.400. The second-order valence-corrected chi connectivity index (χ2v) is 3.73. The van der Waals surface area contributed by atoms with Gasteiger partial charge in [0.25, 0.3) is 5.69 Å². The molecule has 1 saturated heterocycles. The number of β-amino-alcohol motifs (C(OH)–C–C–N with tert-alkyl or cyclic N) is 1. The molecular weight excluding hydrogens is 196 g/mol. The van der Waals surface area contributed by atoms with E-state index in [0.717, 1.165) is 0 Å².